The first-order valence-electron chi connectivity index (χ1n) is 30.3. The molecule has 0 fully saturated rings. The predicted octanol–water partition coefficient (Wildman–Crippen LogP) is 20.0. The average Bonchev–Trinajstić information content (AvgIpc) is 3.31. The van der Waals surface area contributed by atoms with Crippen LogP contribution in [0.15, 0.2) is 0 Å². The summed E-state index contributed by atoms with van der Waals surface area (Å²) in [4.78, 5) is 38.2. The van der Waals surface area contributed by atoms with Gasteiger partial charge in [-0.05, 0) is 31.1 Å². The van der Waals surface area contributed by atoms with E-state index in [2.05, 4.69) is 34.6 Å². The summed E-state index contributed by atoms with van der Waals surface area (Å²) in [5.41, 5.74) is 0. The Morgan fingerprint density at radius 3 is 0.851 bits per heavy atom. The molecular weight excluding hydrogens is 829 g/mol. The molecule has 0 rings (SSSR count). The van der Waals surface area contributed by atoms with Crippen molar-refractivity contribution in [1.29, 1.82) is 0 Å². The van der Waals surface area contributed by atoms with Crippen LogP contribution in [0.5, 0.6) is 0 Å². The standard InChI is InChI=1S/C61H118O6/c1-6-8-9-10-11-12-13-14-15-21-26-31-36-41-46-51-59(62)65-54-58(67-61(64)53-48-43-38-33-28-23-18-19-24-29-34-39-44-49-56(3)4)55-66-60(63)52-47-42-37-32-27-22-17-16-20-25-30-35-40-45-50-57(5)7-2/h56-58H,6-55H2,1-5H3/t57?,58-/m1/s1. The van der Waals surface area contributed by atoms with Crippen LogP contribution < -0.4 is 0 Å². The maximum atomic E-state index is 12.9. The summed E-state index contributed by atoms with van der Waals surface area (Å²) >= 11 is 0. The summed E-state index contributed by atoms with van der Waals surface area (Å²) in [6.07, 6.45) is 58.0. The van der Waals surface area contributed by atoms with Crippen molar-refractivity contribution < 1.29 is 28.6 Å². The van der Waals surface area contributed by atoms with E-state index in [1.165, 1.54) is 231 Å². The normalized spacial score (nSPS) is 12.4. The Bertz CT molecular complexity index is 1030. The van der Waals surface area contributed by atoms with Crippen molar-refractivity contribution in [3.63, 3.8) is 0 Å². The quantitative estimate of drug-likeness (QED) is 0.0343. The van der Waals surface area contributed by atoms with E-state index in [-0.39, 0.29) is 31.1 Å². The zero-order valence-electron chi connectivity index (χ0n) is 46.0. The Morgan fingerprint density at radius 2 is 0.567 bits per heavy atom. The van der Waals surface area contributed by atoms with Gasteiger partial charge in [0, 0.05) is 19.3 Å². The second-order valence-electron chi connectivity index (χ2n) is 21.7. The largest absolute Gasteiger partial charge is 0.462 e. The van der Waals surface area contributed by atoms with Crippen LogP contribution in [-0.4, -0.2) is 37.2 Å². The molecule has 0 radical (unpaired) electrons. The Labute approximate surface area is 418 Å². The Hall–Kier alpha value is -1.59. The van der Waals surface area contributed by atoms with Crippen LogP contribution in [0.4, 0.5) is 0 Å². The van der Waals surface area contributed by atoms with Crippen LogP contribution >= 0.6 is 0 Å². The molecule has 0 aromatic heterocycles. The maximum Gasteiger partial charge on any atom is 0.306 e. The molecule has 0 aliphatic rings. The highest BCUT2D eigenvalue weighted by atomic mass is 16.6. The third-order valence-electron chi connectivity index (χ3n) is 14.3. The van der Waals surface area contributed by atoms with E-state index in [4.69, 9.17) is 14.2 Å². The Morgan fingerprint density at radius 1 is 0.313 bits per heavy atom. The zero-order chi connectivity index (χ0) is 48.9. The van der Waals surface area contributed by atoms with Crippen LogP contribution in [0, 0.1) is 11.8 Å². The van der Waals surface area contributed by atoms with Crippen LogP contribution in [0.1, 0.15) is 343 Å². The summed E-state index contributed by atoms with van der Waals surface area (Å²) < 4.78 is 16.9. The Balaban J connectivity index is 4.30. The molecule has 0 heterocycles. The zero-order valence-corrected chi connectivity index (χ0v) is 46.0. The minimum absolute atomic E-state index is 0.0623. The fourth-order valence-electron chi connectivity index (χ4n) is 9.37. The molecule has 0 aliphatic carbocycles. The smallest absolute Gasteiger partial charge is 0.306 e. The molecular formula is C61H118O6. The molecule has 398 valence electrons. The molecule has 0 spiro atoms. The van der Waals surface area contributed by atoms with Crippen LogP contribution in [0.3, 0.4) is 0 Å². The molecule has 67 heavy (non-hydrogen) atoms. The van der Waals surface area contributed by atoms with Gasteiger partial charge < -0.3 is 14.2 Å². The van der Waals surface area contributed by atoms with Crippen molar-refractivity contribution in [3.8, 4) is 0 Å². The molecule has 0 aromatic carbocycles. The van der Waals surface area contributed by atoms with Gasteiger partial charge in [0.2, 0.25) is 0 Å². The lowest BCUT2D eigenvalue weighted by atomic mass is 9.99. The molecule has 0 saturated heterocycles. The van der Waals surface area contributed by atoms with Crippen molar-refractivity contribution in [2.75, 3.05) is 13.2 Å². The van der Waals surface area contributed by atoms with E-state index in [1.807, 2.05) is 0 Å². The number of hydrogen-bond donors (Lipinski definition) is 0. The summed E-state index contributed by atoms with van der Waals surface area (Å²) in [6, 6.07) is 0. The third-order valence-corrected chi connectivity index (χ3v) is 14.3. The minimum atomic E-state index is -0.763. The summed E-state index contributed by atoms with van der Waals surface area (Å²) in [6.45, 7) is 11.5. The van der Waals surface area contributed by atoms with E-state index in [0.29, 0.717) is 19.3 Å². The minimum Gasteiger partial charge on any atom is -0.462 e. The highest BCUT2D eigenvalue weighted by Gasteiger charge is 2.19. The van der Waals surface area contributed by atoms with Crippen molar-refractivity contribution in [3.05, 3.63) is 0 Å². The van der Waals surface area contributed by atoms with Gasteiger partial charge in [0.05, 0.1) is 0 Å². The van der Waals surface area contributed by atoms with E-state index < -0.39 is 6.10 Å². The van der Waals surface area contributed by atoms with Crippen molar-refractivity contribution >= 4 is 17.9 Å². The molecule has 1 unspecified atom stereocenters. The Kier molecular flexibility index (Phi) is 52.5. The number of esters is 3. The topological polar surface area (TPSA) is 78.9 Å². The van der Waals surface area contributed by atoms with Crippen LogP contribution in [0.2, 0.25) is 0 Å². The molecule has 6 heteroatoms. The van der Waals surface area contributed by atoms with Gasteiger partial charge in [-0.1, -0.05) is 304 Å². The lowest BCUT2D eigenvalue weighted by Gasteiger charge is -2.18. The van der Waals surface area contributed by atoms with Crippen molar-refractivity contribution in [2.24, 2.45) is 11.8 Å². The van der Waals surface area contributed by atoms with Gasteiger partial charge in [-0.2, -0.15) is 0 Å². The number of ether oxygens (including phenoxy) is 3. The van der Waals surface area contributed by atoms with Gasteiger partial charge >= 0.3 is 17.9 Å². The van der Waals surface area contributed by atoms with Crippen molar-refractivity contribution in [1.82, 2.24) is 0 Å². The molecule has 0 N–H and O–H groups in total. The fourth-order valence-corrected chi connectivity index (χ4v) is 9.37. The number of unbranched alkanes of at least 4 members (excludes halogenated alkanes) is 39. The van der Waals surface area contributed by atoms with Gasteiger partial charge in [0.1, 0.15) is 13.2 Å². The van der Waals surface area contributed by atoms with E-state index in [0.717, 1.165) is 69.6 Å². The molecule has 0 saturated carbocycles. The first-order valence-corrected chi connectivity index (χ1v) is 30.3. The molecule has 0 aromatic rings. The maximum absolute atomic E-state index is 12.9. The second kappa shape index (κ2) is 53.8. The fraction of sp³-hybridized carbons (Fsp3) is 0.951. The molecule has 6 nitrogen and oxygen atoms in total. The predicted molar refractivity (Wildman–Crippen MR) is 289 cm³/mol. The second-order valence-corrected chi connectivity index (χ2v) is 21.7. The SMILES string of the molecule is CCCCCCCCCCCCCCCCCC(=O)OC[C@H](COC(=O)CCCCCCCCCCCCCCCCC(C)CC)OC(=O)CCCCCCCCCCCCCCCC(C)C. The van der Waals surface area contributed by atoms with Gasteiger partial charge in [-0.25, -0.2) is 0 Å². The first-order chi connectivity index (χ1) is 32.8. The molecule has 0 aliphatic heterocycles. The highest BCUT2D eigenvalue weighted by Crippen LogP contribution is 2.19. The van der Waals surface area contributed by atoms with Crippen LogP contribution in [0.25, 0.3) is 0 Å². The van der Waals surface area contributed by atoms with Gasteiger partial charge in [0.25, 0.3) is 0 Å². The number of carbonyl (C=O) groups excluding carboxylic acids is 3. The molecule has 2 atom stereocenters. The van der Waals surface area contributed by atoms with Gasteiger partial charge in [0.15, 0.2) is 6.10 Å². The van der Waals surface area contributed by atoms with Gasteiger partial charge in [-0.3, -0.25) is 14.4 Å². The summed E-state index contributed by atoms with van der Waals surface area (Å²) in [5, 5.41) is 0. The summed E-state index contributed by atoms with van der Waals surface area (Å²) in [7, 11) is 0. The molecule has 0 amide bonds. The van der Waals surface area contributed by atoms with Crippen molar-refractivity contribution in [2.45, 2.75) is 349 Å². The number of carbonyl (C=O) groups is 3. The number of hydrogen-bond acceptors (Lipinski definition) is 6. The van der Waals surface area contributed by atoms with E-state index in [1.54, 1.807) is 0 Å². The monoisotopic (exact) mass is 947 g/mol. The van der Waals surface area contributed by atoms with Gasteiger partial charge in [-0.15, -0.1) is 0 Å². The third kappa shape index (κ3) is 53.6. The molecule has 0 bridgehead atoms. The van der Waals surface area contributed by atoms with Crippen LogP contribution in [-0.2, 0) is 28.6 Å². The number of rotatable bonds is 55. The highest BCUT2D eigenvalue weighted by molar-refractivity contribution is 5.71. The summed E-state index contributed by atoms with van der Waals surface area (Å²) in [5.74, 6) is 0.899. The average molecular weight is 948 g/mol. The lowest BCUT2D eigenvalue weighted by molar-refractivity contribution is -0.167. The van der Waals surface area contributed by atoms with E-state index in [9.17, 15) is 14.4 Å². The first kappa shape index (κ1) is 65.4. The van der Waals surface area contributed by atoms with E-state index >= 15 is 0 Å². The lowest BCUT2D eigenvalue weighted by Crippen LogP contribution is -2.30.